The van der Waals surface area contributed by atoms with E-state index >= 15 is 0 Å². The van der Waals surface area contributed by atoms with E-state index in [0.717, 1.165) is 6.54 Å². The van der Waals surface area contributed by atoms with Crippen molar-refractivity contribution >= 4 is 17.7 Å². The van der Waals surface area contributed by atoms with Gasteiger partial charge in [-0.3, -0.25) is 0 Å². The maximum absolute atomic E-state index is 2.40. The molecule has 0 aliphatic carbocycles. The molecule has 23 heavy (non-hydrogen) atoms. The van der Waals surface area contributed by atoms with E-state index in [2.05, 4.69) is 98.2 Å². The summed E-state index contributed by atoms with van der Waals surface area (Å²) in [5.41, 5.74) is 4.24. The van der Waals surface area contributed by atoms with Gasteiger partial charge in [0.05, 0.1) is 0 Å². The molecule has 2 rings (SSSR count). The summed E-state index contributed by atoms with van der Waals surface area (Å²) in [6.07, 6.45) is 5.06. The average Bonchev–Trinajstić information content (AvgIpc) is 2.56. The third-order valence-electron chi connectivity index (χ3n) is 4.78. The number of nitrogens with zero attached hydrogens (tertiary/aromatic N) is 1. The van der Waals surface area contributed by atoms with Crippen LogP contribution in [0.3, 0.4) is 0 Å². The van der Waals surface area contributed by atoms with Crippen LogP contribution in [0.4, 0.5) is 0 Å². The van der Waals surface area contributed by atoms with E-state index in [1.165, 1.54) is 42.4 Å². The van der Waals surface area contributed by atoms with Crippen LogP contribution in [0.5, 0.6) is 0 Å². The molecular formula is C21H28LiN. The molecule has 0 amide bonds. The normalized spacial score (nSPS) is 14.0. The molecule has 1 unspecified atom stereocenters. The number of hydrogen-bond donors (Lipinski definition) is 0. The van der Waals surface area contributed by atoms with Gasteiger partial charge in [0.2, 0.25) is 0 Å². The summed E-state index contributed by atoms with van der Waals surface area (Å²) in [6.45, 7) is 3.27. The van der Waals surface area contributed by atoms with Crippen molar-refractivity contribution in [2.45, 2.75) is 43.2 Å². The van der Waals surface area contributed by atoms with Gasteiger partial charge in [0.1, 0.15) is 0 Å². The second kappa shape index (κ2) is 8.74. The van der Waals surface area contributed by atoms with E-state index in [9.17, 15) is 0 Å². The molecule has 1 atom stereocenters. The molecular weight excluding hydrogens is 273 g/mol. The standard InChI is InChI=1S/C21H28N.Li/c1-4-5-7-12-21(19-10-8-6-9-11-19)20-15-13-18(14-16-20)17-22(2)3;/h6,8-11,13-16H,4-5,7,12,17H2,1-3H3;. The van der Waals surface area contributed by atoms with Gasteiger partial charge in [-0.2, -0.15) is 0 Å². The van der Waals surface area contributed by atoms with E-state index in [0.29, 0.717) is 0 Å². The predicted molar refractivity (Wildman–Crippen MR) is 101 cm³/mol. The van der Waals surface area contributed by atoms with E-state index < -0.39 is 0 Å². The van der Waals surface area contributed by atoms with Crippen molar-refractivity contribution in [1.82, 2.24) is 4.90 Å². The van der Waals surface area contributed by atoms with Crippen LogP contribution in [-0.2, 0) is 10.6 Å². The first-order valence-corrected chi connectivity index (χ1v) is 8.86. The molecule has 1 nitrogen and oxygen atoms in total. The first-order chi connectivity index (χ1) is 11.1. The van der Waals surface area contributed by atoms with Crippen LogP contribution in [0, 0.1) is 0 Å². The van der Waals surface area contributed by atoms with E-state index in [-0.39, 0.29) is 4.09 Å². The Bertz CT molecular complexity index is 577. The zero-order valence-electron chi connectivity index (χ0n) is 15.2. The molecule has 0 aliphatic rings. The number of unbranched alkanes of at least 4 members (excludes halogenated alkanes) is 2. The Morgan fingerprint density at radius 2 is 1.48 bits per heavy atom. The quantitative estimate of drug-likeness (QED) is 0.503. The zero-order valence-corrected chi connectivity index (χ0v) is 15.2. The van der Waals surface area contributed by atoms with Crippen molar-refractivity contribution in [3.05, 3.63) is 71.3 Å². The zero-order chi connectivity index (χ0) is 16.7. The predicted octanol–water partition coefficient (Wildman–Crippen LogP) is 4.74. The van der Waals surface area contributed by atoms with Crippen molar-refractivity contribution in [2.75, 3.05) is 14.1 Å². The fourth-order valence-corrected chi connectivity index (χ4v) is 3.33. The van der Waals surface area contributed by atoms with Gasteiger partial charge in [-0.05, 0) is 0 Å². The molecule has 0 aliphatic heterocycles. The maximum atomic E-state index is 2.40. The Balaban J connectivity index is 2.29. The molecule has 0 fully saturated rings. The van der Waals surface area contributed by atoms with Gasteiger partial charge in [0, 0.05) is 0 Å². The van der Waals surface area contributed by atoms with E-state index in [1.54, 1.807) is 0 Å². The number of benzene rings is 2. The molecule has 0 bridgehead atoms. The van der Waals surface area contributed by atoms with Crippen LogP contribution in [0.25, 0.3) is 0 Å². The van der Waals surface area contributed by atoms with Gasteiger partial charge in [0.25, 0.3) is 0 Å². The molecule has 0 spiro atoms. The molecule has 0 heterocycles. The average molecular weight is 301 g/mol. The van der Waals surface area contributed by atoms with Crippen LogP contribution in [0.2, 0.25) is 0 Å². The fraction of sp³-hybridized carbons (Fsp3) is 0.429. The Kier molecular flexibility index (Phi) is 6.97. The van der Waals surface area contributed by atoms with E-state index in [1.807, 2.05) is 0 Å². The summed E-state index contributed by atoms with van der Waals surface area (Å²) in [4.78, 5) is 2.21. The second-order valence-electron chi connectivity index (χ2n) is 7.09. The van der Waals surface area contributed by atoms with Gasteiger partial charge in [0.15, 0.2) is 0 Å². The van der Waals surface area contributed by atoms with Crippen LogP contribution < -0.4 is 0 Å². The Labute approximate surface area is 151 Å². The van der Waals surface area contributed by atoms with Gasteiger partial charge in [-0.15, -0.1) is 0 Å². The topological polar surface area (TPSA) is 3.24 Å². The van der Waals surface area contributed by atoms with Crippen LogP contribution in [0.1, 0.15) is 49.3 Å². The van der Waals surface area contributed by atoms with Crippen molar-refractivity contribution in [2.24, 2.45) is 0 Å². The molecule has 0 saturated carbocycles. The van der Waals surface area contributed by atoms with Crippen LogP contribution >= 0.6 is 0 Å². The third kappa shape index (κ3) is 4.98. The van der Waals surface area contributed by atoms with E-state index in [4.69, 9.17) is 0 Å². The molecule has 118 valence electrons. The number of hydrogen-bond acceptors (Lipinski definition) is 1. The van der Waals surface area contributed by atoms with Crippen molar-refractivity contribution in [1.29, 1.82) is 0 Å². The summed E-state index contributed by atoms with van der Waals surface area (Å²) in [5, 5.41) is 0. The van der Waals surface area contributed by atoms with Crippen molar-refractivity contribution in [3.8, 4) is 0 Å². The SMILES string of the molecule is [Li][C](CCCCC)(c1ccccc1)c1ccc(CN(C)C)cc1. The van der Waals surface area contributed by atoms with Crippen molar-refractivity contribution < 1.29 is 0 Å². The molecule has 2 heteroatoms. The Morgan fingerprint density at radius 3 is 2.04 bits per heavy atom. The molecule has 0 saturated heterocycles. The summed E-state index contributed by atoms with van der Waals surface area (Å²) < 4.78 is 0.104. The van der Waals surface area contributed by atoms with Gasteiger partial charge < -0.3 is 0 Å². The monoisotopic (exact) mass is 301 g/mol. The number of rotatable bonds is 8. The van der Waals surface area contributed by atoms with Gasteiger partial charge in [-0.1, -0.05) is 0 Å². The molecule has 0 radical (unpaired) electrons. The molecule has 0 N–H and O–H groups in total. The van der Waals surface area contributed by atoms with Crippen molar-refractivity contribution in [3.63, 3.8) is 0 Å². The first-order valence-electron chi connectivity index (χ1n) is 8.86. The molecule has 2 aromatic rings. The first kappa shape index (κ1) is 18.3. The fourth-order valence-electron chi connectivity index (χ4n) is 3.33. The Morgan fingerprint density at radius 1 is 0.870 bits per heavy atom. The second-order valence-corrected chi connectivity index (χ2v) is 7.09. The summed E-state index contributed by atoms with van der Waals surface area (Å²) in [5.74, 6) is 0. The summed E-state index contributed by atoms with van der Waals surface area (Å²) in [7, 11) is 4.24. The summed E-state index contributed by atoms with van der Waals surface area (Å²) in [6, 6.07) is 20.2. The minimum absolute atomic E-state index is 0.104. The van der Waals surface area contributed by atoms with Crippen LogP contribution in [-0.4, -0.2) is 36.7 Å². The molecule has 2 aromatic carbocycles. The minimum atomic E-state index is 0.104. The van der Waals surface area contributed by atoms with Crippen LogP contribution in [0.15, 0.2) is 54.6 Å². The summed E-state index contributed by atoms with van der Waals surface area (Å²) >= 11 is 2.40. The van der Waals surface area contributed by atoms with Gasteiger partial charge in [-0.25, -0.2) is 0 Å². The third-order valence-corrected chi connectivity index (χ3v) is 4.78. The molecule has 0 aromatic heterocycles. The Hall–Kier alpha value is -1.00. The van der Waals surface area contributed by atoms with Gasteiger partial charge >= 0.3 is 151 Å².